The van der Waals surface area contributed by atoms with Gasteiger partial charge in [0.1, 0.15) is 11.6 Å². The molecule has 0 amide bonds. The molecule has 0 spiro atoms. The second-order valence-corrected chi connectivity index (χ2v) is 6.41. The highest BCUT2D eigenvalue weighted by Crippen LogP contribution is 2.34. The highest BCUT2D eigenvalue weighted by molar-refractivity contribution is 8.06. The molecule has 94 valence electrons. The van der Waals surface area contributed by atoms with Gasteiger partial charge in [0.15, 0.2) is 0 Å². The second kappa shape index (κ2) is 6.07. The Morgan fingerprint density at radius 2 is 2.18 bits per heavy atom. The molecule has 1 heterocycles. The van der Waals surface area contributed by atoms with E-state index in [1.165, 1.54) is 6.07 Å². The van der Waals surface area contributed by atoms with Gasteiger partial charge in [-0.25, -0.2) is 8.78 Å². The number of rotatable bonds is 3. The third kappa shape index (κ3) is 3.14. The van der Waals surface area contributed by atoms with E-state index in [1.54, 1.807) is 6.07 Å². The van der Waals surface area contributed by atoms with Gasteiger partial charge in [-0.15, -0.1) is 0 Å². The average Bonchev–Trinajstić information content (AvgIpc) is 2.34. The van der Waals surface area contributed by atoms with Crippen LogP contribution >= 0.6 is 23.5 Å². The van der Waals surface area contributed by atoms with Crippen molar-refractivity contribution in [2.24, 2.45) is 0 Å². The zero-order valence-electron chi connectivity index (χ0n) is 9.58. The lowest BCUT2D eigenvalue weighted by atomic mass is 10.0. The van der Waals surface area contributed by atoms with Crippen LogP contribution in [0, 0.1) is 11.6 Å². The molecule has 0 aromatic heterocycles. The minimum absolute atomic E-state index is 0.0478. The maximum Gasteiger partial charge on any atom is 0.130 e. The molecule has 1 N–H and O–H groups in total. The summed E-state index contributed by atoms with van der Waals surface area (Å²) in [6.07, 6.45) is 0. The summed E-state index contributed by atoms with van der Waals surface area (Å²) in [4.78, 5) is 0. The minimum atomic E-state index is -0.522. The van der Waals surface area contributed by atoms with Crippen molar-refractivity contribution in [2.45, 2.75) is 11.3 Å². The van der Waals surface area contributed by atoms with E-state index in [-0.39, 0.29) is 6.04 Å². The van der Waals surface area contributed by atoms with Crippen LogP contribution < -0.4 is 5.32 Å². The fourth-order valence-corrected chi connectivity index (χ4v) is 4.89. The molecule has 5 heteroatoms. The lowest BCUT2D eigenvalue weighted by molar-refractivity contribution is 0.522. The molecule has 1 aromatic carbocycles. The second-order valence-electron chi connectivity index (χ2n) is 3.92. The summed E-state index contributed by atoms with van der Waals surface area (Å²) < 4.78 is 26.6. The van der Waals surface area contributed by atoms with Crippen molar-refractivity contribution in [1.82, 2.24) is 5.32 Å². The summed E-state index contributed by atoms with van der Waals surface area (Å²) in [7, 11) is 1.83. The summed E-state index contributed by atoms with van der Waals surface area (Å²) >= 11 is 3.75. The van der Waals surface area contributed by atoms with Crippen LogP contribution in [-0.4, -0.2) is 29.6 Å². The Morgan fingerprint density at radius 1 is 1.35 bits per heavy atom. The Balaban J connectivity index is 2.21. The highest BCUT2D eigenvalue weighted by Gasteiger charge is 2.26. The number of hydrogen-bond acceptors (Lipinski definition) is 3. The molecule has 17 heavy (non-hydrogen) atoms. The molecule has 2 unspecified atom stereocenters. The average molecular weight is 275 g/mol. The minimum Gasteiger partial charge on any atom is -0.312 e. The fourth-order valence-electron chi connectivity index (χ4n) is 1.99. The van der Waals surface area contributed by atoms with E-state index in [1.807, 2.05) is 30.6 Å². The lowest BCUT2D eigenvalue weighted by Gasteiger charge is -2.29. The van der Waals surface area contributed by atoms with Crippen LogP contribution in [0.2, 0.25) is 0 Å². The van der Waals surface area contributed by atoms with Crippen molar-refractivity contribution in [3.8, 4) is 0 Å². The predicted octanol–water partition coefficient (Wildman–Crippen LogP) is 3.07. The van der Waals surface area contributed by atoms with Gasteiger partial charge >= 0.3 is 0 Å². The molecule has 1 nitrogen and oxygen atoms in total. The van der Waals surface area contributed by atoms with Crippen LogP contribution in [0.15, 0.2) is 18.2 Å². The zero-order valence-corrected chi connectivity index (χ0v) is 11.2. The van der Waals surface area contributed by atoms with E-state index in [0.29, 0.717) is 10.8 Å². The van der Waals surface area contributed by atoms with Crippen LogP contribution in [0.5, 0.6) is 0 Å². The predicted molar refractivity (Wildman–Crippen MR) is 71.7 cm³/mol. The van der Waals surface area contributed by atoms with Gasteiger partial charge < -0.3 is 5.32 Å². The normalized spacial score (nSPS) is 22.4. The Morgan fingerprint density at radius 3 is 2.76 bits per heavy atom. The summed E-state index contributed by atoms with van der Waals surface area (Å²) in [5.74, 6) is 2.28. The van der Waals surface area contributed by atoms with Crippen molar-refractivity contribution in [1.29, 1.82) is 0 Å². The van der Waals surface area contributed by atoms with Crippen LogP contribution in [-0.2, 0) is 0 Å². The van der Waals surface area contributed by atoms with E-state index in [4.69, 9.17) is 0 Å². The third-order valence-corrected chi connectivity index (χ3v) is 5.69. The first-order valence-corrected chi connectivity index (χ1v) is 7.74. The van der Waals surface area contributed by atoms with Gasteiger partial charge in [0, 0.05) is 40.2 Å². The fraction of sp³-hybridized carbons (Fsp3) is 0.500. The molecule has 2 rings (SSSR count). The van der Waals surface area contributed by atoms with Crippen molar-refractivity contribution in [3.05, 3.63) is 35.4 Å². The van der Waals surface area contributed by atoms with Crippen molar-refractivity contribution in [3.63, 3.8) is 0 Å². The van der Waals surface area contributed by atoms with E-state index in [9.17, 15) is 8.78 Å². The Labute approximate surface area is 109 Å². The molecular weight excluding hydrogens is 260 g/mol. The van der Waals surface area contributed by atoms with Gasteiger partial charge in [0.2, 0.25) is 0 Å². The molecule has 1 saturated heterocycles. The number of halogens is 2. The van der Waals surface area contributed by atoms with Crippen molar-refractivity contribution >= 4 is 23.5 Å². The van der Waals surface area contributed by atoms with E-state index in [0.717, 1.165) is 23.3 Å². The van der Waals surface area contributed by atoms with Gasteiger partial charge in [-0.3, -0.25) is 0 Å². The number of hydrogen-bond donors (Lipinski definition) is 1. The van der Waals surface area contributed by atoms with Crippen LogP contribution in [0.25, 0.3) is 0 Å². The van der Waals surface area contributed by atoms with Crippen molar-refractivity contribution < 1.29 is 8.78 Å². The number of thioether (sulfide) groups is 2. The molecule has 0 radical (unpaired) electrons. The first-order valence-electron chi connectivity index (χ1n) is 5.54. The Kier molecular flexibility index (Phi) is 4.70. The number of benzene rings is 1. The monoisotopic (exact) mass is 275 g/mol. The van der Waals surface area contributed by atoms with E-state index < -0.39 is 11.6 Å². The molecule has 2 atom stereocenters. The summed E-state index contributed by atoms with van der Waals surface area (Å²) in [6.45, 7) is 0. The summed E-state index contributed by atoms with van der Waals surface area (Å²) in [5.41, 5.74) is 0.564. The molecule has 0 bridgehead atoms. The van der Waals surface area contributed by atoms with E-state index >= 15 is 0 Å². The Hall–Kier alpha value is -0.260. The standard InChI is InChI=1S/C12H15F2NS2/c1-15-12(11-7-16-4-5-17-11)9-3-2-8(13)6-10(9)14/h2-3,6,11-12,15H,4-5,7H2,1H3. The summed E-state index contributed by atoms with van der Waals surface area (Å²) in [5, 5.41) is 3.50. The largest absolute Gasteiger partial charge is 0.312 e. The smallest absolute Gasteiger partial charge is 0.130 e. The van der Waals surface area contributed by atoms with Gasteiger partial charge in [-0.2, -0.15) is 23.5 Å². The van der Waals surface area contributed by atoms with Crippen LogP contribution in [0.3, 0.4) is 0 Å². The SMILES string of the molecule is CNC(c1ccc(F)cc1F)C1CSCCS1. The van der Waals surface area contributed by atoms with Gasteiger partial charge in [0.25, 0.3) is 0 Å². The number of nitrogens with one attached hydrogen (secondary N) is 1. The third-order valence-electron chi connectivity index (χ3n) is 2.82. The molecule has 1 fully saturated rings. The lowest BCUT2D eigenvalue weighted by Crippen LogP contribution is -2.32. The molecular formula is C12H15F2NS2. The highest BCUT2D eigenvalue weighted by atomic mass is 32.2. The first kappa shape index (κ1) is 13.2. The molecule has 1 aliphatic rings. The molecule has 0 saturated carbocycles. The Bertz CT molecular complexity index is 381. The van der Waals surface area contributed by atoms with Crippen LogP contribution in [0.1, 0.15) is 11.6 Å². The molecule has 0 aliphatic carbocycles. The maximum absolute atomic E-state index is 13.7. The van der Waals surface area contributed by atoms with Crippen molar-refractivity contribution in [2.75, 3.05) is 24.3 Å². The first-order chi connectivity index (χ1) is 8.22. The van der Waals surface area contributed by atoms with E-state index in [2.05, 4.69) is 5.32 Å². The quantitative estimate of drug-likeness (QED) is 0.910. The topological polar surface area (TPSA) is 12.0 Å². The molecule has 1 aliphatic heterocycles. The van der Waals surface area contributed by atoms with Gasteiger partial charge in [-0.1, -0.05) is 6.07 Å². The zero-order chi connectivity index (χ0) is 12.3. The van der Waals surface area contributed by atoms with Gasteiger partial charge in [-0.05, 0) is 13.1 Å². The summed E-state index contributed by atoms with van der Waals surface area (Å²) in [6, 6.07) is 3.78. The molecule has 1 aromatic rings. The van der Waals surface area contributed by atoms with Gasteiger partial charge in [0.05, 0.1) is 0 Å². The van der Waals surface area contributed by atoms with Crippen LogP contribution in [0.4, 0.5) is 8.78 Å². The maximum atomic E-state index is 13.7.